The smallest absolute Gasteiger partial charge is 0.246 e. The van der Waals surface area contributed by atoms with Gasteiger partial charge in [-0.3, -0.25) is 0 Å². The minimum atomic E-state index is -3.28. The molecule has 0 fully saturated rings. The SMILES string of the molecule is CC(c1noc([C@@H](N)[C@@H](C)O)n1)S(C)(=O)=O. The van der Waals surface area contributed by atoms with E-state index in [-0.39, 0.29) is 11.7 Å². The van der Waals surface area contributed by atoms with Crippen molar-refractivity contribution in [1.29, 1.82) is 0 Å². The highest BCUT2D eigenvalue weighted by atomic mass is 32.2. The van der Waals surface area contributed by atoms with E-state index < -0.39 is 27.2 Å². The third kappa shape index (κ3) is 2.77. The molecule has 0 aliphatic rings. The number of rotatable bonds is 4. The number of hydrogen-bond acceptors (Lipinski definition) is 7. The van der Waals surface area contributed by atoms with Gasteiger partial charge in [0.25, 0.3) is 0 Å². The molecule has 0 aromatic carbocycles. The maximum absolute atomic E-state index is 11.2. The van der Waals surface area contributed by atoms with E-state index in [1.807, 2.05) is 0 Å². The molecule has 0 saturated heterocycles. The maximum Gasteiger partial charge on any atom is 0.246 e. The van der Waals surface area contributed by atoms with Crippen LogP contribution in [0.4, 0.5) is 0 Å². The molecular formula is C8H15N3O4S. The van der Waals surface area contributed by atoms with Gasteiger partial charge >= 0.3 is 0 Å². The number of sulfone groups is 1. The second kappa shape index (κ2) is 4.48. The molecule has 1 heterocycles. The molecule has 0 spiro atoms. The Morgan fingerprint density at radius 1 is 1.44 bits per heavy atom. The average Bonchev–Trinajstić information content (AvgIpc) is 2.62. The molecule has 3 atom stereocenters. The Morgan fingerprint density at radius 2 is 2.00 bits per heavy atom. The molecule has 0 saturated carbocycles. The van der Waals surface area contributed by atoms with Crippen LogP contribution < -0.4 is 5.73 Å². The third-order valence-electron chi connectivity index (χ3n) is 2.27. The number of aliphatic hydroxyl groups excluding tert-OH is 1. The van der Waals surface area contributed by atoms with Gasteiger partial charge in [-0.2, -0.15) is 4.98 Å². The number of nitrogens with zero attached hydrogens (tertiary/aromatic N) is 2. The van der Waals surface area contributed by atoms with Crippen LogP contribution in [0.2, 0.25) is 0 Å². The van der Waals surface area contributed by atoms with Gasteiger partial charge in [0.1, 0.15) is 11.3 Å². The average molecular weight is 249 g/mol. The Kier molecular flexibility index (Phi) is 3.66. The zero-order chi connectivity index (χ0) is 12.5. The molecule has 1 unspecified atom stereocenters. The molecule has 0 aliphatic carbocycles. The molecule has 0 amide bonds. The molecule has 7 nitrogen and oxygen atoms in total. The maximum atomic E-state index is 11.2. The van der Waals surface area contributed by atoms with Gasteiger partial charge in [0.15, 0.2) is 15.7 Å². The van der Waals surface area contributed by atoms with Gasteiger partial charge in [-0.25, -0.2) is 8.42 Å². The summed E-state index contributed by atoms with van der Waals surface area (Å²) in [7, 11) is -3.28. The van der Waals surface area contributed by atoms with Crippen molar-refractivity contribution in [2.45, 2.75) is 31.2 Å². The van der Waals surface area contributed by atoms with Gasteiger partial charge in [0.05, 0.1) is 6.10 Å². The predicted molar refractivity (Wildman–Crippen MR) is 56.2 cm³/mol. The zero-order valence-corrected chi connectivity index (χ0v) is 10.1. The second-order valence-corrected chi connectivity index (χ2v) is 6.10. The Labute approximate surface area is 93.6 Å². The summed E-state index contributed by atoms with van der Waals surface area (Å²) in [5.41, 5.74) is 5.56. The van der Waals surface area contributed by atoms with Crippen LogP contribution in [-0.2, 0) is 9.84 Å². The molecule has 1 aromatic heterocycles. The molecule has 92 valence electrons. The second-order valence-electron chi connectivity index (χ2n) is 3.73. The fourth-order valence-corrected chi connectivity index (χ4v) is 1.42. The van der Waals surface area contributed by atoms with E-state index in [2.05, 4.69) is 10.1 Å². The van der Waals surface area contributed by atoms with Crippen LogP contribution in [0.3, 0.4) is 0 Å². The van der Waals surface area contributed by atoms with Crippen LogP contribution in [0.1, 0.15) is 36.9 Å². The molecule has 0 radical (unpaired) electrons. The monoisotopic (exact) mass is 249 g/mol. The van der Waals surface area contributed by atoms with E-state index in [1.54, 1.807) is 0 Å². The van der Waals surface area contributed by atoms with E-state index in [0.29, 0.717) is 0 Å². The summed E-state index contributed by atoms with van der Waals surface area (Å²) in [5.74, 6) is 0.0779. The first-order valence-corrected chi connectivity index (χ1v) is 6.65. The summed E-state index contributed by atoms with van der Waals surface area (Å²) >= 11 is 0. The molecule has 8 heteroatoms. The van der Waals surface area contributed by atoms with Crippen molar-refractivity contribution in [2.24, 2.45) is 5.73 Å². The Bertz CT molecular complexity index is 454. The van der Waals surface area contributed by atoms with Crippen LogP contribution in [0.15, 0.2) is 4.52 Å². The lowest BCUT2D eigenvalue weighted by atomic mass is 10.2. The van der Waals surface area contributed by atoms with E-state index >= 15 is 0 Å². The fraction of sp³-hybridized carbons (Fsp3) is 0.750. The zero-order valence-electron chi connectivity index (χ0n) is 9.28. The lowest BCUT2D eigenvalue weighted by molar-refractivity contribution is 0.146. The minimum absolute atomic E-state index is 0.0282. The molecule has 1 aromatic rings. The first kappa shape index (κ1) is 13.1. The number of hydrogen-bond donors (Lipinski definition) is 2. The number of nitrogens with two attached hydrogens (primary N) is 1. The molecule has 0 bridgehead atoms. The third-order valence-corrected chi connectivity index (χ3v) is 3.76. The van der Waals surface area contributed by atoms with E-state index in [1.165, 1.54) is 13.8 Å². The van der Waals surface area contributed by atoms with Crippen LogP contribution in [0.25, 0.3) is 0 Å². The summed E-state index contributed by atoms with van der Waals surface area (Å²) in [6, 6.07) is -0.812. The highest BCUT2D eigenvalue weighted by Crippen LogP contribution is 2.20. The molecule has 16 heavy (non-hydrogen) atoms. The lowest BCUT2D eigenvalue weighted by Crippen LogP contribution is -2.23. The minimum Gasteiger partial charge on any atom is -0.391 e. The van der Waals surface area contributed by atoms with E-state index in [4.69, 9.17) is 10.3 Å². The van der Waals surface area contributed by atoms with Gasteiger partial charge in [0.2, 0.25) is 5.89 Å². The number of aliphatic hydroxyl groups is 1. The van der Waals surface area contributed by atoms with Crippen molar-refractivity contribution in [2.75, 3.05) is 6.26 Å². The van der Waals surface area contributed by atoms with Crippen molar-refractivity contribution in [3.05, 3.63) is 11.7 Å². The van der Waals surface area contributed by atoms with Crippen molar-refractivity contribution < 1.29 is 18.0 Å². The van der Waals surface area contributed by atoms with Gasteiger partial charge in [-0.15, -0.1) is 0 Å². The Morgan fingerprint density at radius 3 is 2.44 bits per heavy atom. The van der Waals surface area contributed by atoms with Crippen LogP contribution in [0.5, 0.6) is 0 Å². The Balaban J connectivity index is 2.96. The van der Waals surface area contributed by atoms with Crippen molar-refractivity contribution in [3.8, 4) is 0 Å². The van der Waals surface area contributed by atoms with E-state index in [0.717, 1.165) is 6.26 Å². The topological polar surface area (TPSA) is 119 Å². The molecular weight excluding hydrogens is 234 g/mol. The largest absolute Gasteiger partial charge is 0.391 e. The van der Waals surface area contributed by atoms with Gasteiger partial charge < -0.3 is 15.4 Å². The highest BCUT2D eigenvalue weighted by Gasteiger charge is 2.26. The lowest BCUT2D eigenvalue weighted by Gasteiger charge is -2.08. The standard InChI is InChI=1S/C8H15N3O4S/c1-4(12)6(9)8-10-7(11-15-8)5(2)16(3,13)14/h4-6,12H,9H2,1-3H3/t4-,5?,6+/m1/s1. The first-order chi connectivity index (χ1) is 7.23. The number of aromatic nitrogens is 2. The summed E-state index contributed by atoms with van der Waals surface area (Å²) in [5, 5.41) is 11.9. The quantitative estimate of drug-likeness (QED) is 0.741. The summed E-state index contributed by atoms with van der Waals surface area (Å²) in [4.78, 5) is 3.86. The fourth-order valence-electron chi connectivity index (χ4n) is 0.946. The molecule has 3 N–H and O–H groups in total. The van der Waals surface area contributed by atoms with Crippen LogP contribution in [-0.4, -0.2) is 36.0 Å². The van der Waals surface area contributed by atoms with E-state index in [9.17, 15) is 13.5 Å². The van der Waals surface area contributed by atoms with Crippen molar-refractivity contribution in [1.82, 2.24) is 10.1 Å². The molecule has 1 rings (SSSR count). The summed E-state index contributed by atoms with van der Waals surface area (Å²) in [6.45, 7) is 2.94. The van der Waals surface area contributed by atoms with Gasteiger partial charge in [0, 0.05) is 6.26 Å². The summed E-state index contributed by atoms with van der Waals surface area (Å²) < 4.78 is 27.3. The van der Waals surface area contributed by atoms with Crippen molar-refractivity contribution >= 4 is 9.84 Å². The van der Waals surface area contributed by atoms with Crippen molar-refractivity contribution in [3.63, 3.8) is 0 Å². The van der Waals surface area contributed by atoms with Gasteiger partial charge in [-0.05, 0) is 13.8 Å². The van der Waals surface area contributed by atoms with Gasteiger partial charge in [-0.1, -0.05) is 5.16 Å². The van der Waals surface area contributed by atoms with Crippen LogP contribution >= 0.6 is 0 Å². The predicted octanol–water partition coefficient (Wildman–Crippen LogP) is -0.444. The highest BCUT2D eigenvalue weighted by molar-refractivity contribution is 7.90. The summed E-state index contributed by atoms with van der Waals surface area (Å²) in [6.07, 6.45) is 0.240. The first-order valence-electron chi connectivity index (χ1n) is 4.69. The molecule has 0 aliphatic heterocycles. The Hall–Kier alpha value is -0.990. The van der Waals surface area contributed by atoms with Crippen LogP contribution in [0, 0.1) is 0 Å². The normalized spacial score (nSPS) is 18.1.